The summed E-state index contributed by atoms with van der Waals surface area (Å²) in [5.74, 6) is -0.179. The van der Waals surface area contributed by atoms with Crippen LogP contribution in [-0.2, 0) is 9.53 Å². The number of carbonyl (C=O) groups is 1. The molecule has 0 spiro atoms. The van der Waals surface area contributed by atoms with Crippen LogP contribution in [0.4, 0.5) is 4.39 Å². The highest BCUT2D eigenvalue weighted by molar-refractivity contribution is 5.83. The Balaban J connectivity index is 2.38. The Morgan fingerprint density at radius 2 is 2.18 bits per heavy atom. The van der Waals surface area contributed by atoms with Crippen LogP contribution in [-0.4, -0.2) is 44.4 Å². The summed E-state index contributed by atoms with van der Waals surface area (Å²) in [6.45, 7) is 7.12. The monoisotopic (exact) mass is 246 g/mol. The number of methoxy groups -OCH3 is 1. The van der Waals surface area contributed by atoms with Crippen LogP contribution < -0.4 is 10.6 Å². The lowest BCUT2D eigenvalue weighted by molar-refractivity contribution is -0.126. The first-order valence-corrected chi connectivity index (χ1v) is 6.03. The van der Waals surface area contributed by atoms with Crippen molar-refractivity contribution in [3.8, 4) is 0 Å². The molecule has 100 valence electrons. The van der Waals surface area contributed by atoms with E-state index in [2.05, 4.69) is 31.4 Å². The number of alkyl halides is 1. The molecule has 1 heterocycles. The predicted octanol–water partition coefficient (Wildman–Crippen LogP) is 0.864. The standard InChI is InChI=1S/C12H23FN2O2/c1-12(2,3)5-6-14-11(16)9-10(17-4)8(13)7-15-9/h8-10,15H,5-7H2,1-4H3,(H,14,16)/t8-,9-,10+/m0/s1. The van der Waals surface area contributed by atoms with Crippen molar-refractivity contribution >= 4 is 5.91 Å². The van der Waals surface area contributed by atoms with Crippen molar-refractivity contribution in [2.75, 3.05) is 20.2 Å². The second-order valence-corrected chi connectivity index (χ2v) is 5.70. The first-order valence-electron chi connectivity index (χ1n) is 6.03. The average molecular weight is 246 g/mol. The van der Waals surface area contributed by atoms with E-state index in [-0.39, 0.29) is 17.9 Å². The maximum Gasteiger partial charge on any atom is 0.239 e. The normalized spacial score (nSPS) is 29.4. The lowest BCUT2D eigenvalue weighted by atomic mass is 9.92. The molecular weight excluding hydrogens is 223 g/mol. The van der Waals surface area contributed by atoms with Gasteiger partial charge in [0.15, 0.2) is 0 Å². The summed E-state index contributed by atoms with van der Waals surface area (Å²) in [7, 11) is 1.43. The Morgan fingerprint density at radius 1 is 1.53 bits per heavy atom. The van der Waals surface area contributed by atoms with Gasteiger partial charge in [-0.2, -0.15) is 0 Å². The molecule has 1 saturated heterocycles. The zero-order valence-corrected chi connectivity index (χ0v) is 11.0. The molecule has 1 aliphatic heterocycles. The van der Waals surface area contributed by atoms with Crippen molar-refractivity contribution in [1.82, 2.24) is 10.6 Å². The maximum atomic E-state index is 13.3. The molecule has 17 heavy (non-hydrogen) atoms. The molecule has 0 bridgehead atoms. The largest absolute Gasteiger partial charge is 0.376 e. The van der Waals surface area contributed by atoms with Gasteiger partial charge in [0.05, 0.1) is 0 Å². The lowest BCUT2D eigenvalue weighted by Gasteiger charge is -2.21. The van der Waals surface area contributed by atoms with Crippen LogP contribution in [0.15, 0.2) is 0 Å². The van der Waals surface area contributed by atoms with Crippen molar-refractivity contribution in [3.63, 3.8) is 0 Å². The quantitative estimate of drug-likeness (QED) is 0.773. The van der Waals surface area contributed by atoms with Gasteiger partial charge in [-0.25, -0.2) is 4.39 Å². The minimum atomic E-state index is -1.11. The van der Waals surface area contributed by atoms with E-state index in [0.29, 0.717) is 6.54 Å². The van der Waals surface area contributed by atoms with E-state index in [9.17, 15) is 9.18 Å². The van der Waals surface area contributed by atoms with Gasteiger partial charge in [0.1, 0.15) is 18.3 Å². The van der Waals surface area contributed by atoms with E-state index in [0.717, 1.165) is 6.42 Å². The molecule has 0 aromatic rings. The van der Waals surface area contributed by atoms with Crippen LogP contribution in [0.2, 0.25) is 0 Å². The molecule has 2 N–H and O–H groups in total. The van der Waals surface area contributed by atoms with E-state index in [1.54, 1.807) is 0 Å². The summed E-state index contributed by atoms with van der Waals surface area (Å²) in [5, 5.41) is 5.66. The van der Waals surface area contributed by atoms with Crippen LogP contribution in [0, 0.1) is 5.41 Å². The van der Waals surface area contributed by atoms with Gasteiger partial charge in [-0.1, -0.05) is 20.8 Å². The van der Waals surface area contributed by atoms with Crippen molar-refractivity contribution < 1.29 is 13.9 Å². The Bertz CT molecular complexity index is 266. The number of amides is 1. The average Bonchev–Trinajstić information content (AvgIpc) is 2.57. The highest BCUT2D eigenvalue weighted by Crippen LogP contribution is 2.18. The summed E-state index contributed by atoms with van der Waals surface area (Å²) >= 11 is 0. The third-order valence-corrected chi connectivity index (χ3v) is 2.95. The van der Waals surface area contributed by atoms with Gasteiger partial charge in [0.25, 0.3) is 0 Å². The van der Waals surface area contributed by atoms with E-state index in [1.165, 1.54) is 7.11 Å². The van der Waals surface area contributed by atoms with Gasteiger partial charge < -0.3 is 15.4 Å². The van der Waals surface area contributed by atoms with Gasteiger partial charge in [-0.3, -0.25) is 4.79 Å². The molecule has 1 aliphatic rings. The van der Waals surface area contributed by atoms with Gasteiger partial charge >= 0.3 is 0 Å². The molecule has 4 nitrogen and oxygen atoms in total. The fraction of sp³-hybridized carbons (Fsp3) is 0.917. The summed E-state index contributed by atoms with van der Waals surface area (Å²) in [4.78, 5) is 11.8. The molecule has 1 fully saturated rings. The van der Waals surface area contributed by atoms with Crippen LogP contribution in [0.3, 0.4) is 0 Å². The second kappa shape index (κ2) is 5.78. The topological polar surface area (TPSA) is 50.4 Å². The number of rotatable bonds is 4. The fourth-order valence-corrected chi connectivity index (χ4v) is 1.88. The Kier molecular flexibility index (Phi) is 4.89. The summed E-state index contributed by atoms with van der Waals surface area (Å²) < 4.78 is 18.3. The highest BCUT2D eigenvalue weighted by atomic mass is 19.1. The van der Waals surface area contributed by atoms with E-state index < -0.39 is 18.3 Å². The second-order valence-electron chi connectivity index (χ2n) is 5.70. The van der Waals surface area contributed by atoms with Crippen LogP contribution in [0.5, 0.6) is 0 Å². The zero-order chi connectivity index (χ0) is 13.1. The zero-order valence-electron chi connectivity index (χ0n) is 11.0. The Hall–Kier alpha value is -0.680. The summed E-state index contributed by atoms with van der Waals surface area (Å²) in [5.41, 5.74) is 0.180. The predicted molar refractivity (Wildman–Crippen MR) is 64.6 cm³/mol. The molecule has 5 heteroatoms. The molecule has 1 amide bonds. The molecule has 0 aromatic carbocycles. The number of carbonyl (C=O) groups excluding carboxylic acids is 1. The SMILES string of the molecule is CO[C@H]1[C@@H](C(=O)NCCC(C)(C)C)NC[C@@H]1F. The third-order valence-electron chi connectivity index (χ3n) is 2.95. The summed E-state index contributed by atoms with van der Waals surface area (Å²) in [6.07, 6.45) is -0.898. The van der Waals surface area contributed by atoms with Gasteiger partial charge in [0, 0.05) is 20.2 Å². The molecule has 0 unspecified atom stereocenters. The molecule has 1 rings (SSSR count). The Labute approximate surface area is 102 Å². The first kappa shape index (κ1) is 14.4. The Morgan fingerprint density at radius 3 is 2.71 bits per heavy atom. The third kappa shape index (κ3) is 4.24. The highest BCUT2D eigenvalue weighted by Gasteiger charge is 2.40. The number of ether oxygens (including phenoxy) is 1. The molecule has 0 aromatic heterocycles. The number of nitrogens with one attached hydrogen (secondary N) is 2. The van der Waals surface area contributed by atoms with Crippen molar-refractivity contribution in [3.05, 3.63) is 0 Å². The van der Waals surface area contributed by atoms with E-state index >= 15 is 0 Å². The van der Waals surface area contributed by atoms with Crippen molar-refractivity contribution in [1.29, 1.82) is 0 Å². The first-order chi connectivity index (χ1) is 7.85. The van der Waals surface area contributed by atoms with Gasteiger partial charge in [-0.05, 0) is 11.8 Å². The fourth-order valence-electron chi connectivity index (χ4n) is 1.88. The molecule has 0 radical (unpaired) electrons. The number of hydrogen-bond donors (Lipinski definition) is 2. The van der Waals surface area contributed by atoms with Gasteiger partial charge in [-0.15, -0.1) is 0 Å². The van der Waals surface area contributed by atoms with Crippen LogP contribution in [0.1, 0.15) is 27.2 Å². The molecule has 0 saturated carbocycles. The van der Waals surface area contributed by atoms with E-state index in [1.807, 2.05) is 0 Å². The van der Waals surface area contributed by atoms with E-state index in [4.69, 9.17) is 4.74 Å². The molecule has 0 aliphatic carbocycles. The van der Waals surface area contributed by atoms with Crippen LogP contribution in [0.25, 0.3) is 0 Å². The van der Waals surface area contributed by atoms with Gasteiger partial charge in [0.2, 0.25) is 5.91 Å². The molecule has 3 atom stereocenters. The minimum absolute atomic E-state index is 0.176. The smallest absolute Gasteiger partial charge is 0.239 e. The molecular formula is C12H23FN2O2. The lowest BCUT2D eigenvalue weighted by Crippen LogP contribution is -2.47. The maximum absolute atomic E-state index is 13.3. The van der Waals surface area contributed by atoms with Crippen LogP contribution >= 0.6 is 0 Å². The van der Waals surface area contributed by atoms with Crippen molar-refractivity contribution in [2.24, 2.45) is 5.41 Å². The minimum Gasteiger partial charge on any atom is -0.376 e. The summed E-state index contributed by atoms with van der Waals surface area (Å²) in [6, 6.07) is -0.574. The van der Waals surface area contributed by atoms with Crippen molar-refractivity contribution in [2.45, 2.75) is 45.5 Å². The number of halogens is 1. The number of hydrogen-bond acceptors (Lipinski definition) is 3.